The van der Waals surface area contributed by atoms with Crippen LogP contribution >= 0.6 is 0 Å². The van der Waals surface area contributed by atoms with E-state index in [0.717, 1.165) is 15.8 Å². The molecule has 0 aliphatic rings. The van der Waals surface area contributed by atoms with E-state index in [9.17, 15) is 4.79 Å². The minimum absolute atomic E-state index is 0.319. The molecule has 0 radical (unpaired) electrons. The summed E-state index contributed by atoms with van der Waals surface area (Å²) in [5.74, 6) is -0.460. The van der Waals surface area contributed by atoms with Crippen molar-refractivity contribution in [2.45, 2.75) is 36.5 Å². The Kier molecular flexibility index (Phi) is 5.73. The summed E-state index contributed by atoms with van der Waals surface area (Å²) in [6, 6.07) is 0. The summed E-state index contributed by atoms with van der Waals surface area (Å²) < 4.78 is 4.95. The summed E-state index contributed by atoms with van der Waals surface area (Å²) in [5, 5.41) is 2.84. The number of carbonyl (C=O) groups is 1. The topological polar surface area (TPSA) is 62.7 Å². The van der Waals surface area contributed by atoms with E-state index in [1.807, 2.05) is 0 Å². The van der Waals surface area contributed by atoms with Gasteiger partial charge in [-0.25, -0.2) is 0 Å². The third-order valence-corrected chi connectivity index (χ3v) is 14.3. The molecule has 0 rings (SSSR count). The average Bonchev–Trinajstić information content (AvgIpc) is 2.25. The molecule has 0 heterocycles. The Bertz CT molecular complexity index is 247. The summed E-state index contributed by atoms with van der Waals surface area (Å²) >= 11 is -2.45. The van der Waals surface area contributed by atoms with Gasteiger partial charge in [0.05, 0.1) is 0 Å². The molecule has 0 atom stereocenters. The Hall–Kier alpha value is -0.607. The van der Waals surface area contributed by atoms with Gasteiger partial charge in [-0.2, -0.15) is 0 Å². The van der Waals surface area contributed by atoms with E-state index in [1.165, 1.54) is 7.11 Å². The van der Waals surface area contributed by atoms with Crippen LogP contribution in [0.5, 0.6) is 0 Å². The van der Waals surface area contributed by atoms with Crippen molar-refractivity contribution < 1.29 is 14.3 Å². The molecule has 0 aliphatic carbocycles. The first-order valence-electron chi connectivity index (χ1n) is 4.92. The van der Waals surface area contributed by atoms with Crippen molar-refractivity contribution in [2.24, 2.45) is 0 Å². The van der Waals surface area contributed by atoms with Gasteiger partial charge in [0.1, 0.15) is 0 Å². The van der Waals surface area contributed by atoms with Crippen LogP contribution in [0, 0.1) is 0 Å². The second-order valence-corrected chi connectivity index (χ2v) is 14.1. The normalized spacial score (nSPS) is 10.6. The molecule has 0 bridgehead atoms. The molecule has 0 saturated carbocycles. The van der Waals surface area contributed by atoms with E-state index in [-0.39, 0.29) is 0 Å². The number of esters is 1. The Morgan fingerprint density at radius 2 is 1.71 bits per heavy atom. The number of rotatable bonds is 5. The Balaban J connectivity index is 5.16. The van der Waals surface area contributed by atoms with Gasteiger partial charge >= 0.3 is 87.3 Å². The van der Waals surface area contributed by atoms with Gasteiger partial charge in [0.2, 0.25) is 0 Å². The monoisotopic (exact) mass is 260 g/mol. The molecule has 4 nitrogen and oxygen atoms in total. The Morgan fingerprint density at radius 3 is 1.93 bits per heavy atom. The van der Waals surface area contributed by atoms with Gasteiger partial charge in [-0.3, -0.25) is 0 Å². The van der Waals surface area contributed by atoms with Crippen molar-refractivity contribution in [1.29, 1.82) is 0 Å². The van der Waals surface area contributed by atoms with E-state index >= 15 is 0 Å². The zero-order valence-corrected chi connectivity index (χ0v) is 11.4. The van der Waals surface area contributed by atoms with Gasteiger partial charge in [-0.15, -0.1) is 0 Å². The second-order valence-electron chi connectivity index (χ2n) is 3.28. The van der Waals surface area contributed by atoms with Crippen molar-refractivity contribution >= 4 is 23.8 Å². The molecule has 5 heteroatoms. The maximum absolute atomic E-state index is 11.4. The van der Waals surface area contributed by atoms with E-state index in [4.69, 9.17) is 5.53 Å². The van der Waals surface area contributed by atoms with Crippen molar-refractivity contribution in [3.05, 3.63) is 5.53 Å². The molecule has 0 aromatic heterocycles. The van der Waals surface area contributed by atoms with Crippen LogP contribution in [-0.4, -0.2) is 35.7 Å². The minimum atomic E-state index is -2.45. The van der Waals surface area contributed by atoms with Gasteiger partial charge in [-0.05, 0) is 0 Å². The SMILES string of the molecule is C[CH2][Ge]([CH2]C)([CH2]C)[C](=[N+]=[N-])C(=O)OC. The van der Waals surface area contributed by atoms with Gasteiger partial charge in [0, 0.05) is 0 Å². The van der Waals surface area contributed by atoms with Crippen LogP contribution in [0.1, 0.15) is 20.8 Å². The van der Waals surface area contributed by atoms with E-state index < -0.39 is 19.2 Å². The standard InChI is InChI=1S/C9H18GeN2O2/c1-5-10(6-2,7-3)8(12-11)9(13)14-4/h5-7H2,1-4H3. The van der Waals surface area contributed by atoms with Crippen LogP contribution < -0.4 is 0 Å². The summed E-state index contributed by atoms with van der Waals surface area (Å²) in [5.41, 5.74) is 8.89. The van der Waals surface area contributed by atoms with Crippen molar-refractivity contribution in [2.75, 3.05) is 7.11 Å². The van der Waals surface area contributed by atoms with Crippen LogP contribution in [0.2, 0.25) is 15.8 Å². The van der Waals surface area contributed by atoms with Crippen LogP contribution in [0.4, 0.5) is 0 Å². The summed E-state index contributed by atoms with van der Waals surface area (Å²) in [6.45, 7) is 6.17. The summed E-state index contributed by atoms with van der Waals surface area (Å²) in [4.78, 5) is 14.6. The molecule has 0 N–H and O–H groups in total. The average molecular weight is 259 g/mol. The fraction of sp³-hybridized carbons (Fsp3) is 0.778. The molecule has 0 saturated heterocycles. The summed E-state index contributed by atoms with van der Waals surface area (Å²) in [6.07, 6.45) is 0. The third kappa shape index (κ3) is 2.45. The van der Waals surface area contributed by atoms with Gasteiger partial charge in [0.15, 0.2) is 0 Å². The Morgan fingerprint density at radius 1 is 1.29 bits per heavy atom. The van der Waals surface area contributed by atoms with Gasteiger partial charge in [0.25, 0.3) is 0 Å². The summed E-state index contributed by atoms with van der Waals surface area (Å²) in [7, 11) is 1.32. The molecule has 14 heavy (non-hydrogen) atoms. The maximum atomic E-state index is 11.4. The number of methoxy groups -OCH3 is 1. The molecule has 0 fully saturated rings. The molecule has 0 aromatic rings. The van der Waals surface area contributed by atoms with Crippen molar-refractivity contribution in [1.82, 2.24) is 0 Å². The molecule has 0 unspecified atom stereocenters. The predicted molar refractivity (Wildman–Crippen MR) is 57.8 cm³/mol. The first-order chi connectivity index (χ1) is 6.61. The Labute approximate surface area is 87.6 Å². The second kappa shape index (κ2) is 5.99. The fourth-order valence-corrected chi connectivity index (χ4v) is 8.54. The predicted octanol–water partition coefficient (Wildman–Crippen LogP) is 1.88. The molecule has 0 amide bonds. The van der Waals surface area contributed by atoms with Crippen LogP contribution in [0.15, 0.2) is 0 Å². The molecular weight excluding hydrogens is 241 g/mol. The van der Waals surface area contributed by atoms with E-state index in [2.05, 4.69) is 30.3 Å². The van der Waals surface area contributed by atoms with E-state index in [0.29, 0.717) is 4.54 Å². The van der Waals surface area contributed by atoms with Crippen LogP contribution in [-0.2, 0) is 9.53 Å². The van der Waals surface area contributed by atoms with Gasteiger partial charge < -0.3 is 0 Å². The first-order valence-corrected chi connectivity index (χ1v) is 10.4. The number of hydrogen-bond donors (Lipinski definition) is 0. The third-order valence-electron chi connectivity index (χ3n) is 3.01. The molecular formula is C9H18GeN2O2. The number of ether oxygens (including phenoxy) is 1. The number of carbonyl (C=O) groups excluding carboxylic acids is 1. The number of hydrogen-bond acceptors (Lipinski definition) is 2. The van der Waals surface area contributed by atoms with Crippen LogP contribution in [0.3, 0.4) is 0 Å². The zero-order valence-electron chi connectivity index (χ0n) is 9.33. The van der Waals surface area contributed by atoms with E-state index in [1.54, 1.807) is 0 Å². The van der Waals surface area contributed by atoms with Crippen LogP contribution in [0.25, 0.3) is 5.53 Å². The number of nitrogens with zero attached hydrogens (tertiary/aromatic N) is 2. The molecule has 0 aromatic carbocycles. The fourth-order valence-electron chi connectivity index (χ4n) is 1.71. The molecule has 0 spiro atoms. The zero-order chi connectivity index (χ0) is 11.2. The molecule has 0 aliphatic heterocycles. The van der Waals surface area contributed by atoms with Crippen molar-refractivity contribution in [3.63, 3.8) is 0 Å². The van der Waals surface area contributed by atoms with Gasteiger partial charge in [-0.1, -0.05) is 0 Å². The quantitative estimate of drug-likeness (QED) is 0.249. The first kappa shape index (κ1) is 13.4. The molecule has 80 valence electrons. The van der Waals surface area contributed by atoms with Crippen molar-refractivity contribution in [3.8, 4) is 0 Å².